The van der Waals surface area contributed by atoms with Crippen LogP contribution in [0.5, 0.6) is 0 Å². The molecule has 0 aromatic heterocycles. The molecule has 2 aliphatic heterocycles. The molecule has 2 aromatic rings. The van der Waals surface area contributed by atoms with Gasteiger partial charge >= 0.3 is 24.4 Å². The standard InChI is InChI=1S/C29H30F7N3O4/c1-15-9-20(30)5-6-21(15)23-14-27(22(25(41)42)13-24(40)38(27)4)7-8-39(23)26(43)37(3)16(2)17-10-18(28(31,32)33)12-19(11-17)29(34,35)36/h5-6,9-12,16,22-23H,7-8,13-14H2,1-4H3,(H,41,42)/t16-,22?,23-,27-/m1/s1. The van der Waals surface area contributed by atoms with Crippen molar-refractivity contribution >= 4 is 17.9 Å². The number of hydrogen-bond donors (Lipinski definition) is 1. The number of carbonyl (C=O) groups is 3. The van der Waals surface area contributed by atoms with Crippen LogP contribution in [0.3, 0.4) is 0 Å². The molecule has 0 radical (unpaired) electrons. The van der Waals surface area contributed by atoms with Gasteiger partial charge in [-0.3, -0.25) is 9.59 Å². The van der Waals surface area contributed by atoms with E-state index in [2.05, 4.69) is 0 Å². The van der Waals surface area contributed by atoms with Crippen LogP contribution >= 0.6 is 0 Å². The number of rotatable bonds is 4. The van der Waals surface area contributed by atoms with Gasteiger partial charge in [0, 0.05) is 27.1 Å². The Kier molecular flexibility index (Phi) is 8.22. The van der Waals surface area contributed by atoms with Gasteiger partial charge in [-0.05, 0) is 73.7 Å². The van der Waals surface area contributed by atoms with E-state index in [1.807, 2.05) is 0 Å². The van der Waals surface area contributed by atoms with Crippen molar-refractivity contribution in [3.8, 4) is 0 Å². The number of hydrogen-bond acceptors (Lipinski definition) is 3. The first-order valence-electron chi connectivity index (χ1n) is 13.4. The van der Waals surface area contributed by atoms with Crippen molar-refractivity contribution in [3.63, 3.8) is 0 Å². The second kappa shape index (κ2) is 11.0. The summed E-state index contributed by atoms with van der Waals surface area (Å²) < 4.78 is 95.0. The molecular formula is C29H30F7N3O4. The molecule has 234 valence electrons. The number of carbonyl (C=O) groups excluding carboxylic acids is 2. The van der Waals surface area contributed by atoms with E-state index in [4.69, 9.17) is 0 Å². The third kappa shape index (κ3) is 5.87. The van der Waals surface area contributed by atoms with Crippen LogP contribution in [0.4, 0.5) is 35.5 Å². The van der Waals surface area contributed by atoms with Crippen LogP contribution in [-0.2, 0) is 21.9 Å². The lowest BCUT2D eigenvalue weighted by Crippen LogP contribution is -2.59. The fraction of sp³-hybridized carbons (Fsp3) is 0.483. The minimum absolute atomic E-state index is 0.00767. The maximum atomic E-state index is 14.0. The third-order valence-electron chi connectivity index (χ3n) is 8.89. The number of nitrogens with zero attached hydrogens (tertiary/aromatic N) is 3. The van der Waals surface area contributed by atoms with Gasteiger partial charge in [-0.2, -0.15) is 26.3 Å². The molecule has 3 amide bonds. The highest BCUT2D eigenvalue weighted by atomic mass is 19.4. The van der Waals surface area contributed by atoms with E-state index in [-0.39, 0.29) is 31.9 Å². The van der Waals surface area contributed by atoms with Gasteiger partial charge in [0.1, 0.15) is 5.82 Å². The van der Waals surface area contributed by atoms with Gasteiger partial charge in [0.05, 0.1) is 34.7 Å². The summed E-state index contributed by atoms with van der Waals surface area (Å²) in [5.74, 6) is -3.23. The van der Waals surface area contributed by atoms with E-state index in [0.29, 0.717) is 23.3 Å². The van der Waals surface area contributed by atoms with Crippen LogP contribution < -0.4 is 0 Å². The summed E-state index contributed by atoms with van der Waals surface area (Å²) in [6, 6.07) is 2.08. The number of piperidine rings is 1. The number of halogens is 7. The molecule has 2 fully saturated rings. The van der Waals surface area contributed by atoms with Crippen molar-refractivity contribution in [2.45, 2.75) is 63.1 Å². The summed E-state index contributed by atoms with van der Waals surface area (Å²) in [5.41, 5.74) is -3.71. The first-order valence-corrected chi connectivity index (χ1v) is 13.4. The largest absolute Gasteiger partial charge is 0.481 e. The van der Waals surface area contributed by atoms with Crippen LogP contribution in [0.15, 0.2) is 36.4 Å². The molecule has 2 aliphatic rings. The average molecular weight is 618 g/mol. The molecule has 2 saturated heterocycles. The number of carboxylic acids is 1. The van der Waals surface area contributed by atoms with Gasteiger partial charge in [0.15, 0.2) is 0 Å². The zero-order chi connectivity index (χ0) is 32.2. The van der Waals surface area contributed by atoms with E-state index in [1.54, 1.807) is 6.92 Å². The Morgan fingerprint density at radius 3 is 2.14 bits per heavy atom. The van der Waals surface area contributed by atoms with Crippen molar-refractivity contribution in [1.82, 2.24) is 14.7 Å². The van der Waals surface area contributed by atoms with E-state index in [1.165, 1.54) is 43.0 Å². The smallest absolute Gasteiger partial charge is 0.416 e. The number of benzene rings is 2. The van der Waals surface area contributed by atoms with Gasteiger partial charge < -0.3 is 19.8 Å². The van der Waals surface area contributed by atoms with Gasteiger partial charge in [0.25, 0.3) is 0 Å². The predicted octanol–water partition coefficient (Wildman–Crippen LogP) is 6.42. The lowest BCUT2D eigenvalue weighted by molar-refractivity contribution is -0.147. The fourth-order valence-electron chi connectivity index (χ4n) is 6.27. The second-order valence-electron chi connectivity index (χ2n) is 11.2. The zero-order valence-corrected chi connectivity index (χ0v) is 23.7. The summed E-state index contributed by atoms with van der Waals surface area (Å²) in [4.78, 5) is 42.5. The van der Waals surface area contributed by atoms with Crippen LogP contribution in [0.1, 0.15) is 66.1 Å². The number of aliphatic carboxylic acids is 1. The molecule has 0 bridgehead atoms. The molecule has 1 unspecified atom stereocenters. The topological polar surface area (TPSA) is 81.2 Å². The molecule has 7 nitrogen and oxygen atoms in total. The maximum Gasteiger partial charge on any atom is 0.416 e. The number of amides is 3. The highest BCUT2D eigenvalue weighted by molar-refractivity contribution is 5.88. The number of urea groups is 1. The minimum atomic E-state index is -5.07. The monoisotopic (exact) mass is 617 g/mol. The van der Waals surface area contributed by atoms with Gasteiger partial charge in [-0.15, -0.1) is 0 Å². The molecule has 2 aromatic carbocycles. The molecule has 2 heterocycles. The minimum Gasteiger partial charge on any atom is -0.481 e. The quantitative estimate of drug-likeness (QED) is 0.402. The van der Waals surface area contributed by atoms with Crippen molar-refractivity contribution in [3.05, 3.63) is 70.0 Å². The Balaban J connectivity index is 1.75. The molecule has 43 heavy (non-hydrogen) atoms. The molecule has 0 aliphatic carbocycles. The highest BCUT2D eigenvalue weighted by Crippen LogP contribution is 2.49. The normalized spacial score (nSPS) is 23.6. The maximum absolute atomic E-state index is 14.0. The summed E-state index contributed by atoms with van der Waals surface area (Å²) in [7, 11) is 2.72. The van der Waals surface area contributed by atoms with Crippen molar-refractivity contribution in [2.24, 2.45) is 5.92 Å². The Morgan fingerprint density at radius 2 is 1.63 bits per heavy atom. The van der Waals surface area contributed by atoms with Gasteiger partial charge in [-0.25, -0.2) is 9.18 Å². The molecule has 0 saturated carbocycles. The summed E-state index contributed by atoms with van der Waals surface area (Å²) in [6.07, 6.45) is -10.4. The summed E-state index contributed by atoms with van der Waals surface area (Å²) in [5, 5.41) is 9.96. The number of carboxylic acid groups (broad SMARTS) is 1. The summed E-state index contributed by atoms with van der Waals surface area (Å²) in [6.45, 7) is 2.80. The lowest BCUT2D eigenvalue weighted by Gasteiger charge is -2.50. The zero-order valence-electron chi connectivity index (χ0n) is 23.7. The molecule has 14 heteroatoms. The van der Waals surface area contributed by atoms with Crippen LogP contribution in [0.2, 0.25) is 0 Å². The van der Waals surface area contributed by atoms with E-state index >= 15 is 0 Å². The Bertz CT molecular complexity index is 1410. The fourth-order valence-corrected chi connectivity index (χ4v) is 6.27. The molecule has 1 spiro atoms. The first-order chi connectivity index (χ1) is 19.8. The molecule has 4 rings (SSSR count). The average Bonchev–Trinajstić information content (AvgIpc) is 3.15. The van der Waals surface area contributed by atoms with Crippen LogP contribution in [0.25, 0.3) is 0 Å². The second-order valence-corrected chi connectivity index (χ2v) is 11.2. The van der Waals surface area contributed by atoms with Gasteiger partial charge in [-0.1, -0.05) is 6.07 Å². The van der Waals surface area contributed by atoms with Crippen LogP contribution in [-0.4, -0.2) is 63.9 Å². The number of aryl methyl sites for hydroxylation is 1. The third-order valence-corrected chi connectivity index (χ3v) is 8.89. The number of likely N-dealkylation sites (tertiary alicyclic amines) is 2. The first kappa shape index (κ1) is 32.1. The number of alkyl halides is 6. The van der Waals surface area contributed by atoms with Crippen molar-refractivity contribution < 1.29 is 50.2 Å². The van der Waals surface area contributed by atoms with E-state index in [9.17, 15) is 50.2 Å². The predicted molar refractivity (Wildman–Crippen MR) is 139 cm³/mol. The van der Waals surface area contributed by atoms with Crippen molar-refractivity contribution in [1.29, 1.82) is 0 Å². The highest BCUT2D eigenvalue weighted by Gasteiger charge is 2.58. The lowest BCUT2D eigenvalue weighted by atomic mass is 9.72. The van der Waals surface area contributed by atoms with Gasteiger partial charge in [0.2, 0.25) is 5.91 Å². The molecular weight excluding hydrogens is 587 g/mol. The molecule has 1 N–H and O–H groups in total. The van der Waals surface area contributed by atoms with E-state index < -0.39 is 76.3 Å². The SMILES string of the molecule is Cc1cc(F)ccc1[C@H]1C[C@]2(CCN1C(=O)N(C)[C@H](C)c1cc(C(F)(F)F)cc(C(F)(F)F)c1)C(C(=O)O)CC(=O)N2C. The van der Waals surface area contributed by atoms with Crippen molar-refractivity contribution in [2.75, 3.05) is 20.6 Å². The van der Waals surface area contributed by atoms with E-state index in [0.717, 1.165) is 11.0 Å². The van der Waals surface area contributed by atoms with Crippen LogP contribution in [0, 0.1) is 18.7 Å². The Morgan fingerprint density at radius 1 is 1.05 bits per heavy atom. The molecule has 4 atom stereocenters. The Labute approximate surface area is 242 Å². The Hall–Kier alpha value is -3.84. The summed E-state index contributed by atoms with van der Waals surface area (Å²) >= 11 is 0.